The van der Waals surface area contributed by atoms with Crippen LogP contribution in [0.15, 0.2) is 128 Å². The van der Waals surface area contributed by atoms with Gasteiger partial charge in [0.25, 0.3) is 5.88 Å². The molecule has 1 unspecified atom stereocenters. The van der Waals surface area contributed by atoms with E-state index in [9.17, 15) is 9.18 Å². The minimum atomic E-state index is -1.26. The fourth-order valence-corrected chi connectivity index (χ4v) is 10.8. The normalized spacial score (nSPS) is 19.9. The molecule has 4 aliphatic heterocycles. The van der Waals surface area contributed by atoms with Crippen LogP contribution in [0, 0.1) is 11.6 Å². The van der Waals surface area contributed by atoms with Crippen molar-refractivity contribution in [2.45, 2.75) is 63.3 Å². The Bertz CT molecular complexity index is 3410. The topological polar surface area (TPSA) is 187 Å². The van der Waals surface area contributed by atoms with E-state index in [4.69, 9.17) is 33.7 Å². The molecule has 79 heavy (non-hydrogen) atoms. The molecule has 4 fully saturated rings. The Morgan fingerprint density at radius 2 is 1.66 bits per heavy atom. The number of nitrogens with one attached hydrogen (secondary N) is 2. The zero-order valence-electron chi connectivity index (χ0n) is 44.0. The predicted molar refractivity (Wildman–Crippen MR) is 291 cm³/mol. The first-order valence-electron chi connectivity index (χ1n) is 26.6. The zero-order valence-corrected chi connectivity index (χ0v) is 44.0. The fraction of sp³-hybridized carbons (Fsp3) is 0.351. The van der Waals surface area contributed by atoms with Gasteiger partial charge in [-0.3, -0.25) is 4.90 Å². The summed E-state index contributed by atoms with van der Waals surface area (Å²) >= 11 is 0. The lowest BCUT2D eigenvalue weighted by atomic mass is 9.94. The van der Waals surface area contributed by atoms with Gasteiger partial charge in [-0.1, -0.05) is 28.5 Å². The molecular weight excluding hydrogens is 1010 g/mol. The quantitative estimate of drug-likeness (QED) is 0.0892. The number of amides is 2. The lowest BCUT2D eigenvalue weighted by Crippen LogP contribution is -2.46. The van der Waals surface area contributed by atoms with E-state index < -0.39 is 23.5 Å². The molecule has 3 aromatic heterocycles. The van der Waals surface area contributed by atoms with Crippen molar-refractivity contribution in [1.82, 2.24) is 49.9 Å². The molecule has 5 aromatic carbocycles. The lowest BCUT2D eigenvalue weighted by Gasteiger charge is -2.37. The van der Waals surface area contributed by atoms with Crippen LogP contribution in [0.1, 0.15) is 43.9 Å². The molecule has 0 radical (unpaired) electrons. The summed E-state index contributed by atoms with van der Waals surface area (Å²) in [5, 5.41) is 20.2. The Morgan fingerprint density at radius 3 is 2.37 bits per heavy atom. The lowest BCUT2D eigenvalue weighted by molar-refractivity contribution is -0.117. The van der Waals surface area contributed by atoms with Gasteiger partial charge in [0.05, 0.1) is 38.0 Å². The summed E-state index contributed by atoms with van der Waals surface area (Å²) in [6.07, 6.45) is 7.38. The number of piperidine rings is 1. The molecule has 20 nitrogen and oxygen atoms in total. The highest BCUT2D eigenvalue weighted by atomic mass is 19.1. The zero-order chi connectivity index (χ0) is 54.0. The molecule has 8 aromatic rings. The number of carbonyl (C=O) groups is 1. The van der Waals surface area contributed by atoms with Crippen molar-refractivity contribution in [2.75, 3.05) is 86.2 Å². The Kier molecular flexibility index (Phi) is 14.4. The van der Waals surface area contributed by atoms with Gasteiger partial charge in [-0.15, -0.1) is 0 Å². The van der Waals surface area contributed by atoms with E-state index in [-0.39, 0.29) is 49.5 Å². The molecule has 4 saturated heterocycles. The number of fused-ring (bicyclic) bond motifs is 1. The Hall–Kier alpha value is -8.47. The molecule has 0 bridgehead atoms. The van der Waals surface area contributed by atoms with Gasteiger partial charge in [-0.2, -0.15) is 5.10 Å². The molecule has 7 heterocycles. The standard InChI is InChI=1S/C57H60F2N14O6/c1-37(2)71-30-51(38-5-4-6-41(25-38)64-55-62-29-39-26-50(72-31-53(75-3)66-67-72)52(28-49(39)65-55)78-46-17-19-60-20-18-46)73(56(71)74)44-10-8-42(9-11-44)68-21-23-69(24-22-68)43-12-14-45(15-13-43)76-32-54-77-34-57(79-54,33-70-36-61-35-63-70)47-16-7-40(58)27-48(47)59/h4-16,25-29,31,35-37,46,51,54,60H,17-24,30,32-34H2,1-3H3,(H,62,64,65)/t51?,54-,57+/m0/s1. The van der Waals surface area contributed by atoms with Gasteiger partial charge < -0.3 is 49.0 Å². The minimum Gasteiger partial charge on any atom is -0.488 e. The molecule has 4 aliphatic rings. The molecule has 22 heteroatoms. The fourth-order valence-electron chi connectivity index (χ4n) is 10.8. The summed E-state index contributed by atoms with van der Waals surface area (Å²) in [5.41, 5.74) is 5.07. The Labute approximate surface area is 454 Å². The number of nitrogens with zero attached hydrogens (tertiary/aromatic N) is 12. The molecule has 12 rings (SSSR count). The van der Waals surface area contributed by atoms with Crippen LogP contribution in [-0.2, 0) is 21.6 Å². The molecule has 0 spiro atoms. The van der Waals surface area contributed by atoms with Crippen molar-refractivity contribution in [3.63, 3.8) is 0 Å². The van der Waals surface area contributed by atoms with Crippen molar-refractivity contribution in [2.24, 2.45) is 0 Å². The van der Waals surface area contributed by atoms with Crippen LogP contribution in [0.5, 0.6) is 17.4 Å². The van der Waals surface area contributed by atoms with Gasteiger partial charge in [0.1, 0.15) is 59.8 Å². The van der Waals surface area contributed by atoms with Crippen LogP contribution in [-0.4, -0.2) is 135 Å². The van der Waals surface area contributed by atoms with E-state index in [2.05, 4.69) is 65.1 Å². The second-order valence-electron chi connectivity index (χ2n) is 20.4. The number of piperazine rings is 1. The first-order valence-corrected chi connectivity index (χ1v) is 26.6. The molecule has 408 valence electrons. The number of aromatic nitrogens is 8. The monoisotopic (exact) mass is 1070 g/mol. The number of benzene rings is 5. The Balaban J connectivity index is 0.681. The third-order valence-electron chi connectivity index (χ3n) is 15.0. The summed E-state index contributed by atoms with van der Waals surface area (Å²) in [6.45, 7) is 9.78. The first-order chi connectivity index (χ1) is 38.5. The van der Waals surface area contributed by atoms with E-state index in [0.29, 0.717) is 41.1 Å². The third-order valence-corrected chi connectivity index (χ3v) is 15.0. The van der Waals surface area contributed by atoms with Crippen LogP contribution in [0.25, 0.3) is 16.6 Å². The average molecular weight is 1080 g/mol. The minimum absolute atomic E-state index is 0.00458. The van der Waals surface area contributed by atoms with Crippen LogP contribution < -0.4 is 39.5 Å². The molecular formula is C57H60F2N14O6. The van der Waals surface area contributed by atoms with Gasteiger partial charge in [0.2, 0.25) is 5.95 Å². The second-order valence-corrected chi connectivity index (χ2v) is 20.4. The van der Waals surface area contributed by atoms with E-state index in [1.54, 1.807) is 24.2 Å². The SMILES string of the molecule is COc1cn(-c2cc3cnc(Nc4cccc(C5CN(C(C)C)C(=O)N5c5ccc(N6CCN(c7ccc(OC[C@H]8OC[C@](Cn9cncn9)(c9ccc(F)cc9F)O8)cc7)CC6)cc5)c4)nc3cc2OC2CCNCC2)nn1. The van der Waals surface area contributed by atoms with E-state index in [0.717, 1.165) is 91.9 Å². The Morgan fingerprint density at radius 1 is 0.899 bits per heavy atom. The van der Waals surface area contributed by atoms with Crippen molar-refractivity contribution in [3.05, 3.63) is 151 Å². The molecule has 2 N–H and O–H groups in total. The van der Waals surface area contributed by atoms with Gasteiger partial charge >= 0.3 is 6.03 Å². The number of urea groups is 1. The van der Waals surface area contributed by atoms with Crippen LogP contribution in [0.4, 0.5) is 42.3 Å². The maximum atomic E-state index is 15.1. The summed E-state index contributed by atoms with van der Waals surface area (Å²) in [6, 6.07) is 31.3. The largest absolute Gasteiger partial charge is 0.488 e. The number of ether oxygens (including phenoxy) is 5. The van der Waals surface area contributed by atoms with Crippen molar-refractivity contribution < 1.29 is 37.3 Å². The van der Waals surface area contributed by atoms with Gasteiger partial charge in [0, 0.05) is 90.8 Å². The van der Waals surface area contributed by atoms with Crippen LogP contribution >= 0.6 is 0 Å². The smallest absolute Gasteiger partial charge is 0.325 e. The van der Waals surface area contributed by atoms with Gasteiger partial charge in [-0.05, 0) is 118 Å². The maximum Gasteiger partial charge on any atom is 0.325 e. The van der Waals surface area contributed by atoms with Gasteiger partial charge in [-0.25, -0.2) is 37.9 Å². The molecule has 3 atom stereocenters. The summed E-state index contributed by atoms with van der Waals surface area (Å²) in [5.74, 6) is 0.670. The molecule has 2 amide bonds. The van der Waals surface area contributed by atoms with Crippen molar-refractivity contribution >= 4 is 45.6 Å². The number of anilines is 5. The highest BCUT2D eigenvalue weighted by molar-refractivity contribution is 5.96. The predicted octanol–water partition coefficient (Wildman–Crippen LogP) is 8.03. The third kappa shape index (κ3) is 10.9. The highest BCUT2D eigenvalue weighted by Gasteiger charge is 2.46. The number of halogens is 2. The first kappa shape index (κ1) is 51.3. The summed E-state index contributed by atoms with van der Waals surface area (Å²) in [4.78, 5) is 36.4. The van der Waals surface area contributed by atoms with E-state index in [1.165, 1.54) is 29.5 Å². The van der Waals surface area contributed by atoms with Gasteiger partial charge in [0.15, 0.2) is 6.29 Å². The number of carbonyl (C=O) groups excluding carboxylic acids is 1. The average Bonchev–Trinajstić information content (AvgIpc) is 4.50. The maximum absolute atomic E-state index is 15.1. The number of methoxy groups -OCH3 is 1. The summed E-state index contributed by atoms with van der Waals surface area (Å²) < 4.78 is 62.4. The summed E-state index contributed by atoms with van der Waals surface area (Å²) in [7, 11) is 1.56. The highest BCUT2D eigenvalue weighted by Crippen LogP contribution is 2.40. The van der Waals surface area contributed by atoms with E-state index >= 15 is 4.39 Å². The van der Waals surface area contributed by atoms with Crippen molar-refractivity contribution in [1.29, 1.82) is 0 Å². The number of hydrogen-bond donors (Lipinski definition) is 2. The van der Waals surface area contributed by atoms with Crippen molar-refractivity contribution in [3.8, 4) is 23.1 Å². The second kappa shape index (κ2) is 22.1. The molecule has 0 aliphatic carbocycles. The van der Waals surface area contributed by atoms with E-state index in [1.807, 2.05) is 84.3 Å². The van der Waals surface area contributed by atoms with Crippen LogP contribution in [0.3, 0.4) is 0 Å². The number of hydrogen-bond acceptors (Lipinski definition) is 16. The van der Waals surface area contributed by atoms with Crippen LogP contribution in [0.2, 0.25) is 0 Å². The number of rotatable bonds is 17. The molecule has 0 saturated carbocycles.